The second kappa shape index (κ2) is 10.9. The van der Waals surface area contributed by atoms with Crippen molar-refractivity contribution in [1.82, 2.24) is 10.2 Å². The molecule has 32 heavy (non-hydrogen) atoms. The van der Waals surface area contributed by atoms with E-state index in [1.807, 2.05) is 30.3 Å². The first-order valence-corrected chi connectivity index (χ1v) is 11.0. The molecular weight excluding hydrogens is 430 g/mol. The van der Waals surface area contributed by atoms with Crippen molar-refractivity contribution >= 4 is 34.4 Å². The van der Waals surface area contributed by atoms with Gasteiger partial charge in [-0.15, -0.1) is 0 Å². The molecule has 0 aromatic heterocycles. The Morgan fingerprint density at radius 1 is 1.09 bits per heavy atom. The molecular formula is C23H27N3O5S. The number of carbonyl (C=O) groups excluding carboxylic acids is 2. The molecule has 0 aliphatic carbocycles. The Morgan fingerprint density at radius 3 is 2.44 bits per heavy atom. The van der Waals surface area contributed by atoms with Crippen LogP contribution in [0.4, 0.5) is 5.69 Å². The number of nitrogens with one attached hydrogen (secondary N) is 1. The normalized spacial score (nSPS) is 17.2. The zero-order valence-electron chi connectivity index (χ0n) is 18.6. The highest BCUT2D eigenvalue weighted by Crippen LogP contribution is 2.31. The van der Waals surface area contributed by atoms with E-state index in [0.29, 0.717) is 35.3 Å². The predicted molar refractivity (Wildman–Crippen MR) is 125 cm³/mol. The molecule has 1 unspecified atom stereocenters. The third-order valence-corrected chi connectivity index (χ3v) is 6.24. The van der Waals surface area contributed by atoms with Crippen molar-refractivity contribution in [3.8, 4) is 17.2 Å². The van der Waals surface area contributed by atoms with Crippen molar-refractivity contribution in [3.63, 3.8) is 0 Å². The Bertz CT molecular complexity index is 994. The Kier molecular flexibility index (Phi) is 7.99. The number of amidine groups is 1. The van der Waals surface area contributed by atoms with E-state index >= 15 is 0 Å². The number of nitrogens with zero attached hydrogens (tertiary/aromatic N) is 2. The summed E-state index contributed by atoms with van der Waals surface area (Å²) in [6.45, 7) is 0.427. The monoisotopic (exact) mass is 457 g/mol. The maximum atomic E-state index is 13.0. The van der Waals surface area contributed by atoms with Gasteiger partial charge < -0.3 is 19.5 Å². The van der Waals surface area contributed by atoms with Crippen molar-refractivity contribution in [3.05, 3.63) is 48.0 Å². The molecule has 1 aliphatic rings. The number of hydrogen-bond acceptors (Lipinski definition) is 7. The summed E-state index contributed by atoms with van der Waals surface area (Å²) >= 11 is 1.30. The van der Waals surface area contributed by atoms with Gasteiger partial charge in [0.1, 0.15) is 5.75 Å². The van der Waals surface area contributed by atoms with Gasteiger partial charge in [-0.2, -0.15) is 0 Å². The van der Waals surface area contributed by atoms with Crippen molar-refractivity contribution in [2.24, 2.45) is 4.99 Å². The quantitative estimate of drug-likeness (QED) is 0.656. The van der Waals surface area contributed by atoms with Crippen LogP contribution in [0.1, 0.15) is 12.0 Å². The standard InChI is InChI=1S/C23H27N3O5S/c1-24-22(28)20-14-21(27)26(12-11-15-5-10-18(30-3)19(13-15)31-4)23(32-20)25-16-6-8-17(29-2)9-7-16/h5-10,13,20H,11-12,14H2,1-4H3,(H,24,28). The summed E-state index contributed by atoms with van der Waals surface area (Å²) in [5.41, 5.74) is 1.67. The number of methoxy groups -OCH3 is 3. The fourth-order valence-corrected chi connectivity index (χ4v) is 4.45. The molecule has 8 nitrogen and oxygen atoms in total. The zero-order valence-corrected chi connectivity index (χ0v) is 19.4. The van der Waals surface area contributed by atoms with Gasteiger partial charge in [0.2, 0.25) is 11.8 Å². The highest BCUT2D eigenvalue weighted by Gasteiger charge is 2.35. The molecule has 1 heterocycles. The van der Waals surface area contributed by atoms with E-state index < -0.39 is 5.25 Å². The largest absolute Gasteiger partial charge is 0.497 e. The number of rotatable bonds is 8. The van der Waals surface area contributed by atoms with Crippen LogP contribution < -0.4 is 19.5 Å². The lowest BCUT2D eigenvalue weighted by atomic mass is 10.1. The van der Waals surface area contributed by atoms with Gasteiger partial charge in [-0.05, 0) is 48.4 Å². The second-order valence-electron chi connectivity index (χ2n) is 7.00. The lowest BCUT2D eigenvalue weighted by Gasteiger charge is -2.31. The molecule has 0 bridgehead atoms. The van der Waals surface area contributed by atoms with Crippen LogP contribution in [0, 0.1) is 0 Å². The number of hydrogen-bond donors (Lipinski definition) is 1. The number of thioether (sulfide) groups is 1. The Morgan fingerprint density at radius 2 is 1.81 bits per heavy atom. The van der Waals surface area contributed by atoms with E-state index in [0.717, 1.165) is 11.3 Å². The van der Waals surface area contributed by atoms with Crippen LogP contribution >= 0.6 is 11.8 Å². The molecule has 0 radical (unpaired) electrons. The van der Waals surface area contributed by atoms with Crippen LogP contribution in [0.25, 0.3) is 0 Å². The van der Waals surface area contributed by atoms with Gasteiger partial charge in [0.15, 0.2) is 16.7 Å². The van der Waals surface area contributed by atoms with Crippen molar-refractivity contribution in [1.29, 1.82) is 0 Å². The number of carbonyl (C=O) groups is 2. The molecule has 1 fully saturated rings. The Balaban J connectivity index is 1.84. The van der Waals surface area contributed by atoms with Gasteiger partial charge in [-0.25, -0.2) is 4.99 Å². The van der Waals surface area contributed by atoms with Crippen LogP contribution in [0.2, 0.25) is 0 Å². The lowest BCUT2D eigenvalue weighted by molar-refractivity contribution is -0.130. The SMILES string of the molecule is CNC(=O)C1CC(=O)N(CCc2ccc(OC)c(OC)c2)C(=Nc2ccc(OC)cc2)S1. The van der Waals surface area contributed by atoms with Crippen LogP contribution in [-0.4, -0.2) is 62.1 Å². The van der Waals surface area contributed by atoms with Gasteiger partial charge >= 0.3 is 0 Å². The molecule has 9 heteroatoms. The second-order valence-corrected chi connectivity index (χ2v) is 8.17. The highest BCUT2D eigenvalue weighted by molar-refractivity contribution is 8.15. The van der Waals surface area contributed by atoms with Crippen molar-refractivity contribution in [2.45, 2.75) is 18.1 Å². The first kappa shape index (κ1) is 23.5. The third-order valence-electron chi connectivity index (χ3n) is 5.05. The van der Waals surface area contributed by atoms with E-state index in [4.69, 9.17) is 14.2 Å². The number of benzene rings is 2. The summed E-state index contributed by atoms with van der Waals surface area (Å²) in [6, 6.07) is 12.9. The average Bonchev–Trinajstić information content (AvgIpc) is 2.83. The topological polar surface area (TPSA) is 89.5 Å². The summed E-state index contributed by atoms with van der Waals surface area (Å²) in [5.74, 6) is 1.68. The van der Waals surface area contributed by atoms with Gasteiger partial charge in [-0.1, -0.05) is 17.8 Å². The molecule has 2 aromatic rings. The Labute approximate surface area is 191 Å². The molecule has 1 atom stereocenters. The van der Waals surface area contributed by atoms with Gasteiger partial charge in [0, 0.05) is 20.0 Å². The summed E-state index contributed by atoms with van der Waals surface area (Å²) in [5, 5.41) is 2.61. The summed E-state index contributed by atoms with van der Waals surface area (Å²) in [7, 11) is 6.34. The van der Waals surface area contributed by atoms with Gasteiger partial charge in [-0.3, -0.25) is 14.5 Å². The first-order chi connectivity index (χ1) is 15.5. The lowest BCUT2D eigenvalue weighted by Crippen LogP contribution is -2.46. The van der Waals surface area contributed by atoms with Crippen LogP contribution in [-0.2, 0) is 16.0 Å². The molecule has 0 spiro atoms. The van der Waals surface area contributed by atoms with E-state index in [1.165, 1.54) is 11.8 Å². The molecule has 1 N–H and O–H groups in total. The van der Waals surface area contributed by atoms with E-state index in [1.54, 1.807) is 45.4 Å². The van der Waals surface area contributed by atoms with Crippen LogP contribution in [0.5, 0.6) is 17.2 Å². The minimum atomic E-state index is -0.512. The smallest absolute Gasteiger partial charge is 0.233 e. The minimum absolute atomic E-state index is 0.123. The molecule has 170 valence electrons. The fourth-order valence-electron chi connectivity index (χ4n) is 3.27. The summed E-state index contributed by atoms with van der Waals surface area (Å²) < 4.78 is 15.9. The molecule has 3 rings (SSSR count). The maximum Gasteiger partial charge on any atom is 0.233 e. The first-order valence-electron chi connectivity index (χ1n) is 10.1. The summed E-state index contributed by atoms with van der Waals surface area (Å²) in [6.07, 6.45) is 0.719. The van der Waals surface area contributed by atoms with Crippen LogP contribution in [0.15, 0.2) is 47.5 Å². The van der Waals surface area contributed by atoms with Crippen molar-refractivity contribution in [2.75, 3.05) is 34.9 Å². The number of ether oxygens (including phenoxy) is 3. The van der Waals surface area contributed by atoms with Crippen LogP contribution in [0.3, 0.4) is 0 Å². The van der Waals surface area contributed by atoms with E-state index in [-0.39, 0.29) is 18.2 Å². The zero-order chi connectivity index (χ0) is 23.1. The molecule has 2 amide bonds. The van der Waals surface area contributed by atoms with Gasteiger partial charge in [0.05, 0.1) is 32.3 Å². The molecule has 0 saturated carbocycles. The van der Waals surface area contributed by atoms with E-state index in [9.17, 15) is 9.59 Å². The maximum absolute atomic E-state index is 13.0. The summed E-state index contributed by atoms with van der Waals surface area (Å²) in [4.78, 5) is 31.5. The Hall–Kier alpha value is -3.20. The number of amides is 2. The number of aliphatic imine (C=N–C) groups is 1. The molecule has 2 aromatic carbocycles. The highest BCUT2D eigenvalue weighted by atomic mass is 32.2. The minimum Gasteiger partial charge on any atom is -0.497 e. The predicted octanol–water partition coefficient (Wildman–Crippen LogP) is 3.02. The van der Waals surface area contributed by atoms with E-state index in [2.05, 4.69) is 10.3 Å². The third kappa shape index (κ3) is 5.53. The molecule has 1 aliphatic heterocycles. The average molecular weight is 458 g/mol. The van der Waals surface area contributed by atoms with Crippen molar-refractivity contribution < 1.29 is 23.8 Å². The molecule has 1 saturated heterocycles. The fraction of sp³-hybridized carbons (Fsp3) is 0.348. The van der Waals surface area contributed by atoms with Gasteiger partial charge in [0.25, 0.3) is 0 Å².